The summed E-state index contributed by atoms with van der Waals surface area (Å²) in [5, 5.41) is 22.1. The van der Waals surface area contributed by atoms with Crippen molar-refractivity contribution in [3.63, 3.8) is 0 Å². The number of thiophene rings is 1. The summed E-state index contributed by atoms with van der Waals surface area (Å²) in [6.07, 6.45) is 4.63. The monoisotopic (exact) mass is 697 g/mol. The van der Waals surface area contributed by atoms with Gasteiger partial charge in [0.25, 0.3) is 5.56 Å². The van der Waals surface area contributed by atoms with Crippen molar-refractivity contribution in [1.29, 1.82) is 5.26 Å². The Morgan fingerprint density at radius 1 is 1.22 bits per heavy atom. The molecular weight excluding hydrogens is 665 g/mol. The van der Waals surface area contributed by atoms with Gasteiger partial charge >= 0.3 is 5.97 Å². The molecule has 0 bridgehead atoms. The minimum Gasteiger partial charge on any atom is -0.478 e. The van der Waals surface area contributed by atoms with Crippen molar-refractivity contribution in [3.8, 4) is 29.0 Å². The van der Waals surface area contributed by atoms with E-state index < -0.39 is 17.2 Å². The molecule has 13 heteroatoms. The van der Waals surface area contributed by atoms with E-state index in [0.29, 0.717) is 50.1 Å². The third-order valence-corrected chi connectivity index (χ3v) is 9.98. The van der Waals surface area contributed by atoms with Gasteiger partial charge < -0.3 is 14.9 Å². The second kappa shape index (κ2) is 13.6. The largest absolute Gasteiger partial charge is 0.478 e. The lowest BCUT2D eigenvalue weighted by Crippen LogP contribution is -2.47. The molecule has 49 heavy (non-hydrogen) atoms. The summed E-state index contributed by atoms with van der Waals surface area (Å²) in [5.41, 5.74) is 1.42. The van der Waals surface area contributed by atoms with Gasteiger partial charge in [0.05, 0.1) is 39.4 Å². The molecule has 5 aromatic rings. The fraction of sp³-hybridized carbons (Fsp3) is 0.333. The van der Waals surface area contributed by atoms with Crippen LogP contribution in [0.2, 0.25) is 5.02 Å². The van der Waals surface area contributed by atoms with Crippen LogP contribution in [-0.4, -0.2) is 73.9 Å². The van der Waals surface area contributed by atoms with Crippen molar-refractivity contribution < 1.29 is 14.3 Å². The summed E-state index contributed by atoms with van der Waals surface area (Å²) in [4.78, 5) is 43.2. The van der Waals surface area contributed by atoms with E-state index in [0.717, 1.165) is 31.5 Å². The number of carbonyl (C=O) groups is 1. The number of anilines is 1. The van der Waals surface area contributed by atoms with Crippen LogP contribution in [0.3, 0.4) is 0 Å². The van der Waals surface area contributed by atoms with Crippen LogP contribution in [0.15, 0.2) is 46.8 Å². The molecule has 1 saturated heterocycles. The average molecular weight is 698 g/mol. The number of piperidine rings is 1. The molecule has 0 saturated carbocycles. The lowest BCUT2D eigenvalue weighted by atomic mass is 10.00. The van der Waals surface area contributed by atoms with Crippen LogP contribution in [0, 0.1) is 30.1 Å². The molecule has 10 nitrogen and oxygen atoms in total. The number of alkyl halides is 1. The normalized spacial score (nSPS) is 14.1. The zero-order valence-electron chi connectivity index (χ0n) is 27.4. The van der Waals surface area contributed by atoms with Crippen molar-refractivity contribution in [2.75, 3.05) is 31.6 Å². The number of carboxylic acid groups (broad SMARTS) is 1. The number of pyridine rings is 2. The Hall–Kier alpha value is -4.88. The van der Waals surface area contributed by atoms with Gasteiger partial charge in [0, 0.05) is 66.0 Å². The van der Waals surface area contributed by atoms with Crippen LogP contribution in [0.25, 0.3) is 32.2 Å². The molecule has 0 aliphatic carbocycles. The molecule has 1 N–H and O–H groups in total. The minimum absolute atomic E-state index is 0.00529. The predicted molar refractivity (Wildman–Crippen MR) is 190 cm³/mol. The maximum atomic E-state index is 14.2. The van der Waals surface area contributed by atoms with Gasteiger partial charge in [0.2, 0.25) is 0 Å². The lowest BCUT2D eigenvalue weighted by molar-refractivity contribution is 0.0699. The highest BCUT2D eigenvalue weighted by molar-refractivity contribution is 7.18. The number of aromatic carboxylic acids is 1. The average Bonchev–Trinajstić information content (AvgIpc) is 3.50. The maximum absolute atomic E-state index is 14.2. The number of nitrogens with zero attached hydrogens (tertiary/aromatic N) is 7. The van der Waals surface area contributed by atoms with Crippen molar-refractivity contribution in [2.45, 2.75) is 51.9 Å². The molecule has 1 fully saturated rings. The van der Waals surface area contributed by atoms with Crippen LogP contribution < -0.4 is 10.5 Å². The molecule has 1 aliphatic heterocycles. The fourth-order valence-corrected chi connectivity index (χ4v) is 7.60. The highest BCUT2D eigenvalue weighted by Crippen LogP contribution is 2.36. The van der Waals surface area contributed by atoms with Crippen molar-refractivity contribution in [1.82, 2.24) is 24.4 Å². The standard InChI is InChI=1S/C36H33ClFN7O3S/c1-21-42-29-18-41-33(43(4)24-10-14-44(15-11-24)20-36(2,3)38)27(17-39)30(29)34(46)45(21)13-5-6-22-7-8-23(37)16-26(22)25-9-12-40-31-28(35(47)48)19-49-32(25)31/h7-9,12,16,18-19,24H,10-11,13-15,20H2,1-4H3,(H,47,48). The Morgan fingerprint density at radius 2 is 1.98 bits per heavy atom. The van der Waals surface area contributed by atoms with Gasteiger partial charge in [-0.25, -0.2) is 19.2 Å². The maximum Gasteiger partial charge on any atom is 0.338 e. The Bertz CT molecular complexity index is 2270. The van der Waals surface area contributed by atoms with Crippen molar-refractivity contribution in [3.05, 3.63) is 79.9 Å². The molecule has 6 rings (SSSR count). The Balaban J connectivity index is 1.32. The molecule has 0 spiro atoms. The van der Waals surface area contributed by atoms with Crippen LogP contribution in [0.4, 0.5) is 10.2 Å². The van der Waals surface area contributed by atoms with E-state index in [1.165, 1.54) is 22.1 Å². The summed E-state index contributed by atoms with van der Waals surface area (Å²) >= 11 is 7.67. The van der Waals surface area contributed by atoms with E-state index in [1.807, 2.05) is 11.9 Å². The number of aromatic nitrogens is 4. The molecular formula is C36H33ClFN7O3S. The molecule has 250 valence electrons. The highest BCUT2D eigenvalue weighted by atomic mass is 35.5. The Kier molecular flexibility index (Phi) is 9.41. The topological polar surface area (TPSA) is 128 Å². The number of nitriles is 1. The quantitative estimate of drug-likeness (QED) is 0.195. The van der Waals surface area contributed by atoms with E-state index in [1.54, 1.807) is 56.6 Å². The Morgan fingerprint density at radius 3 is 2.67 bits per heavy atom. The number of carboxylic acids is 1. The van der Waals surface area contributed by atoms with Crippen molar-refractivity contribution >= 4 is 55.8 Å². The molecule has 5 heterocycles. The zero-order valence-corrected chi connectivity index (χ0v) is 29.0. The number of benzene rings is 1. The van der Waals surface area contributed by atoms with E-state index in [2.05, 4.69) is 37.8 Å². The number of likely N-dealkylation sites (tertiary alicyclic amines) is 1. The SMILES string of the molecule is Cc1nc2cnc(N(C)C3CCN(CC(C)(C)F)CC3)c(C#N)c2c(=O)n1CC#Cc1ccc(Cl)cc1-c1ccnc2c(C(=O)O)csc12. The summed E-state index contributed by atoms with van der Waals surface area (Å²) in [5.74, 6) is 6.04. The summed E-state index contributed by atoms with van der Waals surface area (Å²) < 4.78 is 16.4. The first kappa shape index (κ1) is 34.0. The molecule has 1 aromatic carbocycles. The van der Waals surface area contributed by atoms with Gasteiger partial charge in [-0.2, -0.15) is 5.26 Å². The number of hydrogen-bond acceptors (Lipinski definition) is 9. The van der Waals surface area contributed by atoms with Crippen LogP contribution in [0.1, 0.15) is 54.0 Å². The fourth-order valence-electron chi connectivity index (χ4n) is 6.40. The first-order valence-corrected chi connectivity index (χ1v) is 16.9. The van der Waals surface area contributed by atoms with Gasteiger partial charge in [-0.05, 0) is 57.9 Å². The summed E-state index contributed by atoms with van der Waals surface area (Å²) in [6, 6.07) is 9.35. The second-order valence-electron chi connectivity index (χ2n) is 12.7. The Labute approximate surface area is 291 Å². The van der Waals surface area contributed by atoms with Crippen LogP contribution in [0.5, 0.6) is 0 Å². The summed E-state index contributed by atoms with van der Waals surface area (Å²) in [6.45, 7) is 6.69. The molecule has 0 radical (unpaired) electrons. The van der Waals surface area contributed by atoms with Gasteiger partial charge in [-0.3, -0.25) is 14.3 Å². The first-order valence-electron chi connectivity index (χ1n) is 15.7. The lowest BCUT2D eigenvalue weighted by Gasteiger charge is -2.38. The van der Waals surface area contributed by atoms with Crippen LogP contribution >= 0.6 is 22.9 Å². The number of fused-ring (bicyclic) bond motifs is 2. The van der Waals surface area contributed by atoms with Crippen LogP contribution in [-0.2, 0) is 6.54 Å². The molecule has 1 aliphatic rings. The number of aryl methyl sites for hydroxylation is 1. The molecule has 0 unspecified atom stereocenters. The first-order chi connectivity index (χ1) is 23.4. The minimum atomic E-state index is -1.27. The van der Waals surface area contributed by atoms with E-state index in [-0.39, 0.29) is 29.1 Å². The van der Waals surface area contributed by atoms with Gasteiger partial charge in [-0.1, -0.05) is 23.4 Å². The van der Waals surface area contributed by atoms with E-state index >= 15 is 0 Å². The zero-order chi connectivity index (χ0) is 35.0. The molecule has 4 aromatic heterocycles. The summed E-state index contributed by atoms with van der Waals surface area (Å²) in [7, 11) is 1.87. The van der Waals surface area contributed by atoms with E-state index in [4.69, 9.17) is 11.6 Å². The second-order valence-corrected chi connectivity index (χ2v) is 14.0. The van der Waals surface area contributed by atoms with Gasteiger partial charge in [-0.15, -0.1) is 11.3 Å². The molecule has 0 atom stereocenters. The van der Waals surface area contributed by atoms with Gasteiger partial charge in [0.15, 0.2) is 0 Å². The predicted octanol–water partition coefficient (Wildman–Crippen LogP) is 6.30. The highest BCUT2D eigenvalue weighted by Gasteiger charge is 2.29. The third-order valence-electron chi connectivity index (χ3n) is 8.74. The third kappa shape index (κ3) is 6.86. The number of halogens is 2. The van der Waals surface area contributed by atoms with Crippen molar-refractivity contribution in [2.24, 2.45) is 0 Å². The number of hydrogen-bond donors (Lipinski definition) is 1. The number of rotatable bonds is 7. The molecule has 0 amide bonds. The van der Waals surface area contributed by atoms with E-state index in [9.17, 15) is 24.3 Å². The smallest absolute Gasteiger partial charge is 0.338 e. The van der Waals surface area contributed by atoms with Gasteiger partial charge in [0.1, 0.15) is 28.9 Å².